The van der Waals surface area contributed by atoms with Crippen molar-refractivity contribution in [2.45, 2.75) is 19.1 Å². The number of para-hydroxylation sites is 1. The fourth-order valence-electron chi connectivity index (χ4n) is 2.12. The van der Waals surface area contributed by atoms with Crippen molar-refractivity contribution >= 4 is 22.6 Å². The Hall–Kier alpha value is -2.31. The third kappa shape index (κ3) is 2.91. The minimum Gasteiger partial charge on any atom is -0.350 e. The number of halogens is 3. The standard InChI is InChI=1S/C14H13F3N2O2/c1-8(18-13(21)14(15,16)17)12(20)10-7-19(2)11-6-4-3-5-9(10)11/h3-8H,1-2H3,(H,18,21)/t8-/m0/s1. The lowest BCUT2D eigenvalue weighted by molar-refractivity contribution is -0.173. The number of carbonyl (C=O) groups is 2. The van der Waals surface area contributed by atoms with E-state index in [1.54, 1.807) is 47.4 Å². The number of fused-ring (bicyclic) bond motifs is 1. The van der Waals surface area contributed by atoms with Crippen molar-refractivity contribution in [2.24, 2.45) is 7.05 Å². The molecule has 0 saturated carbocycles. The molecule has 4 nitrogen and oxygen atoms in total. The molecule has 1 amide bonds. The van der Waals surface area contributed by atoms with E-state index in [4.69, 9.17) is 0 Å². The van der Waals surface area contributed by atoms with E-state index >= 15 is 0 Å². The number of ketones is 1. The molecule has 0 unspecified atom stereocenters. The molecule has 21 heavy (non-hydrogen) atoms. The smallest absolute Gasteiger partial charge is 0.350 e. The van der Waals surface area contributed by atoms with Gasteiger partial charge >= 0.3 is 12.1 Å². The predicted octanol–water partition coefficient (Wildman–Crippen LogP) is 2.43. The van der Waals surface area contributed by atoms with Gasteiger partial charge in [0.05, 0.1) is 6.04 Å². The van der Waals surface area contributed by atoms with Crippen molar-refractivity contribution in [3.05, 3.63) is 36.0 Å². The topological polar surface area (TPSA) is 51.1 Å². The monoisotopic (exact) mass is 298 g/mol. The van der Waals surface area contributed by atoms with Crippen LogP contribution in [0.2, 0.25) is 0 Å². The molecule has 2 aromatic rings. The Morgan fingerprint density at radius 3 is 2.48 bits per heavy atom. The maximum atomic E-state index is 12.2. The lowest BCUT2D eigenvalue weighted by Gasteiger charge is -2.13. The summed E-state index contributed by atoms with van der Waals surface area (Å²) in [5, 5.41) is 2.31. The summed E-state index contributed by atoms with van der Waals surface area (Å²) in [5.41, 5.74) is 1.07. The van der Waals surface area contributed by atoms with Gasteiger partial charge in [0.15, 0.2) is 5.78 Å². The van der Waals surface area contributed by atoms with E-state index in [-0.39, 0.29) is 5.56 Å². The zero-order chi connectivity index (χ0) is 15.8. The van der Waals surface area contributed by atoms with Crippen LogP contribution in [-0.4, -0.2) is 28.5 Å². The zero-order valence-corrected chi connectivity index (χ0v) is 11.4. The first-order valence-corrected chi connectivity index (χ1v) is 6.17. The number of aromatic nitrogens is 1. The average molecular weight is 298 g/mol. The molecular formula is C14H13F3N2O2. The van der Waals surface area contributed by atoms with Crippen LogP contribution < -0.4 is 5.32 Å². The van der Waals surface area contributed by atoms with Gasteiger partial charge in [-0.2, -0.15) is 13.2 Å². The number of benzene rings is 1. The number of nitrogens with one attached hydrogen (secondary N) is 1. The van der Waals surface area contributed by atoms with Crippen LogP contribution in [0.3, 0.4) is 0 Å². The van der Waals surface area contributed by atoms with Gasteiger partial charge in [-0.3, -0.25) is 9.59 Å². The molecule has 1 aromatic heterocycles. The van der Waals surface area contributed by atoms with Crippen LogP contribution >= 0.6 is 0 Å². The molecule has 7 heteroatoms. The number of amides is 1. The van der Waals surface area contributed by atoms with E-state index in [0.29, 0.717) is 5.39 Å². The van der Waals surface area contributed by atoms with Crippen molar-refractivity contribution in [3.8, 4) is 0 Å². The predicted molar refractivity (Wildman–Crippen MR) is 70.9 cm³/mol. The fourth-order valence-corrected chi connectivity index (χ4v) is 2.12. The fraction of sp³-hybridized carbons (Fsp3) is 0.286. The maximum absolute atomic E-state index is 12.2. The summed E-state index contributed by atoms with van der Waals surface area (Å²) >= 11 is 0. The number of aryl methyl sites for hydroxylation is 1. The van der Waals surface area contributed by atoms with Crippen LogP contribution in [0.4, 0.5) is 13.2 Å². The van der Waals surface area contributed by atoms with Gasteiger partial charge in [-0.15, -0.1) is 0 Å². The van der Waals surface area contributed by atoms with Gasteiger partial charge < -0.3 is 9.88 Å². The number of alkyl halides is 3. The van der Waals surface area contributed by atoms with E-state index in [1.165, 1.54) is 6.92 Å². The molecular weight excluding hydrogens is 285 g/mol. The molecule has 0 aliphatic carbocycles. The summed E-state index contributed by atoms with van der Waals surface area (Å²) in [6.07, 6.45) is -3.46. The lowest BCUT2D eigenvalue weighted by Crippen LogP contribution is -2.45. The number of nitrogens with zero attached hydrogens (tertiary/aromatic N) is 1. The summed E-state index contributed by atoms with van der Waals surface area (Å²) in [6.45, 7) is 1.23. The highest BCUT2D eigenvalue weighted by atomic mass is 19.4. The van der Waals surface area contributed by atoms with E-state index in [1.807, 2.05) is 0 Å². The summed E-state index contributed by atoms with van der Waals surface area (Å²) < 4.78 is 38.3. The molecule has 0 radical (unpaired) electrons. The van der Waals surface area contributed by atoms with E-state index < -0.39 is 23.9 Å². The van der Waals surface area contributed by atoms with Crippen molar-refractivity contribution in [3.63, 3.8) is 0 Å². The molecule has 1 heterocycles. The molecule has 0 spiro atoms. The minimum absolute atomic E-state index is 0.281. The summed E-state index contributed by atoms with van der Waals surface area (Å²) in [6, 6.07) is 5.78. The van der Waals surface area contributed by atoms with Crippen LogP contribution in [0.15, 0.2) is 30.5 Å². The highest BCUT2D eigenvalue weighted by Gasteiger charge is 2.40. The largest absolute Gasteiger partial charge is 0.471 e. The Bertz CT molecular complexity index is 704. The molecule has 1 atom stereocenters. The molecule has 2 rings (SSSR count). The highest BCUT2D eigenvalue weighted by Crippen LogP contribution is 2.22. The van der Waals surface area contributed by atoms with Gasteiger partial charge in [-0.05, 0) is 13.0 Å². The first-order valence-electron chi connectivity index (χ1n) is 6.17. The third-order valence-electron chi connectivity index (χ3n) is 3.16. The Balaban J connectivity index is 2.28. The quantitative estimate of drug-likeness (QED) is 0.885. The summed E-state index contributed by atoms with van der Waals surface area (Å²) in [5.74, 6) is -2.69. The SMILES string of the molecule is C[C@H](NC(=O)C(F)(F)F)C(=O)c1cn(C)c2ccccc12. The molecule has 112 valence electrons. The number of hydrogen-bond acceptors (Lipinski definition) is 2. The van der Waals surface area contributed by atoms with Crippen LogP contribution in [0.25, 0.3) is 10.9 Å². The van der Waals surface area contributed by atoms with Gasteiger partial charge in [0.1, 0.15) is 0 Å². The Labute approximate surface area is 118 Å². The van der Waals surface area contributed by atoms with Crippen LogP contribution in [0.5, 0.6) is 0 Å². The van der Waals surface area contributed by atoms with Crippen molar-refractivity contribution in [1.82, 2.24) is 9.88 Å². The van der Waals surface area contributed by atoms with Gasteiger partial charge in [-0.25, -0.2) is 0 Å². The number of Topliss-reactive ketones (excluding diaryl/α,β-unsaturated/α-hetero) is 1. The van der Waals surface area contributed by atoms with Crippen molar-refractivity contribution in [2.75, 3.05) is 0 Å². The molecule has 0 aliphatic heterocycles. The van der Waals surface area contributed by atoms with Gasteiger partial charge in [0.25, 0.3) is 0 Å². The molecule has 1 N–H and O–H groups in total. The van der Waals surface area contributed by atoms with Crippen LogP contribution in [-0.2, 0) is 11.8 Å². The number of hydrogen-bond donors (Lipinski definition) is 1. The van der Waals surface area contributed by atoms with E-state index in [2.05, 4.69) is 0 Å². The molecule has 0 aliphatic rings. The van der Waals surface area contributed by atoms with Gasteiger partial charge in [0, 0.05) is 29.7 Å². The zero-order valence-electron chi connectivity index (χ0n) is 11.4. The highest BCUT2D eigenvalue weighted by molar-refractivity contribution is 6.11. The van der Waals surface area contributed by atoms with Crippen molar-refractivity contribution in [1.29, 1.82) is 0 Å². The summed E-state index contributed by atoms with van der Waals surface area (Å²) in [4.78, 5) is 23.1. The van der Waals surface area contributed by atoms with E-state index in [0.717, 1.165) is 5.52 Å². The van der Waals surface area contributed by atoms with Gasteiger partial charge in [0.2, 0.25) is 0 Å². The third-order valence-corrected chi connectivity index (χ3v) is 3.16. The second-order valence-electron chi connectivity index (χ2n) is 4.73. The van der Waals surface area contributed by atoms with Crippen LogP contribution in [0.1, 0.15) is 17.3 Å². The van der Waals surface area contributed by atoms with Crippen LogP contribution in [0, 0.1) is 0 Å². The van der Waals surface area contributed by atoms with E-state index in [9.17, 15) is 22.8 Å². The second kappa shape index (κ2) is 5.23. The first kappa shape index (κ1) is 15.1. The number of carbonyl (C=O) groups excluding carboxylic acids is 2. The molecule has 0 saturated heterocycles. The second-order valence-corrected chi connectivity index (χ2v) is 4.73. The Kier molecular flexibility index (Phi) is 3.76. The molecule has 0 bridgehead atoms. The van der Waals surface area contributed by atoms with Gasteiger partial charge in [-0.1, -0.05) is 18.2 Å². The lowest BCUT2D eigenvalue weighted by atomic mass is 10.0. The Morgan fingerprint density at radius 2 is 1.86 bits per heavy atom. The average Bonchev–Trinajstić information content (AvgIpc) is 2.75. The Morgan fingerprint density at radius 1 is 1.24 bits per heavy atom. The first-order chi connectivity index (χ1) is 9.71. The molecule has 0 fully saturated rings. The maximum Gasteiger partial charge on any atom is 0.471 e. The van der Waals surface area contributed by atoms with Crippen molar-refractivity contribution < 1.29 is 22.8 Å². The number of rotatable bonds is 3. The molecule has 1 aromatic carbocycles. The summed E-state index contributed by atoms with van der Waals surface area (Å²) in [7, 11) is 1.73. The minimum atomic E-state index is -5.01. The normalized spacial score (nSPS) is 13.2.